The topological polar surface area (TPSA) is 85.2 Å². The van der Waals surface area contributed by atoms with Gasteiger partial charge in [0.15, 0.2) is 0 Å². The van der Waals surface area contributed by atoms with Crippen LogP contribution in [0.3, 0.4) is 0 Å². The summed E-state index contributed by atoms with van der Waals surface area (Å²) in [4.78, 5) is 17.5. The maximum absolute atomic E-state index is 10.9. The van der Waals surface area contributed by atoms with Gasteiger partial charge in [-0.1, -0.05) is 0 Å². The maximum Gasteiger partial charge on any atom is 0.217 e. The van der Waals surface area contributed by atoms with Crippen LogP contribution >= 0.6 is 0 Å². The van der Waals surface area contributed by atoms with E-state index in [1.165, 1.54) is 0 Å². The van der Waals surface area contributed by atoms with Gasteiger partial charge in [-0.3, -0.25) is 4.79 Å². The summed E-state index contributed by atoms with van der Waals surface area (Å²) in [5, 5.41) is 0. The van der Waals surface area contributed by atoms with Crippen molar-refractivity contribution in [2.24, 2.45) is 11.7 Å². The van der Waals surface area contributed by atoms with E-state index in [0.717, 1.165) is 43.0 Å². The zero-order chi connectivity index (χ0) is 13.1. The molecule has 1 aromatic rings. The Morgan fingerprint density at radius 1 is 1.50 bits per heavy atom. The fourth-order valence-corrected chi connectivity index (χ4v) is 2.35. The first-order valence-corrected chi connectivity index (χ1v) is 6.31. The molecule has 0 atom stereocenters. The minimum atomic E-state index is -0.203. The molecule has 1 saturated heterocycles. The van der Waals surface area contributed by atoms with E-state index in [1.54, 1.807) is 6.20 Å². The van der Waals surface area contributed by atoms with Gasteiger partial charge in [0.05, 0.1) is 0 Å². The number of nitrogens with two attached hydrogens (primary N) is 2. The number of aryl methyl sites for hydroxylation is 1. The molecule has 2 heterocycles. The summed E-state index contributed by atoms with van der Waals surface area (Å²) in [7, 11) is 0. The Labute approximate surface area is 107 Å². The second kappa shape index (κ2) is 5.25. The fraction of sp³-hybridized carbons (Fsp3) is 0.538. The van der Waals surface area contributed by atoms with Gasteiger partial charge in [0.25, 0.3) is 0 Å². The van der Waals surface area contributed by atoms with Crippen molar-refractivity contribution in [2.45, 2.75) is 26.2 Å². The summed E-state index contributed by atoms with van der Waals surface area (Å²) in [5.41, 5.74) is 12.9. The van der Waals surface area contributed by atoms with Crippen molar-refractivity contribution in [3.8, 4) is 0 Å². The molecular formula is C13H20N4O. The summed E-state index contributed by atoms with van der Waals surface area (Å²) in [6.07, 6.45) is 4.27. The van der Waals surface area contributed by atoms with Crippen LogP contribution in [0.15, 0.2) is 12.3 Å². The predicted molar refractivity (Wildman–Crippen MR) is 72.1 cm³/mol. The van der Waals surface area contributed by atoms with Gasteiger partial charge in [0, 0.05) is 37.5 Å². The third-order valence-electron chi connectivity index (χ3n) is 3.56. The van der Waals surface area contributed by atoms with Crippen LogP contribution in [0.2, 0.25) is 0 Å². The number of piperidine rings is 1. The second-order valence-corrected chi connectivity index (χ2v) is 5.00. The average molecular weight is 248 g/mol. The predicted octanol–water partition coefficient (Wildman–Crippen LogP) is 1.06. The van der Waals surface area contributed by atoms with Gasteiger partial charge in [-0.05, 0) is 31.2 Å². The van der Waals surface area contributed by atoms with Crippen molar-refractivity contribution in [3.05, 3.63) is 17.8 Å². The number of anilines is 2. The van der Waals surface area contributed by atoms with Crippen LogP contribution in [-0.4, -0.2) is 24.0 Å². The van der Waals surface area contributed by atoms with Crippen molar-refractivity contribution < 1.29 is 4.79 Å². The number of nitrogens with zero attached hydrogens (tertiary/aromatic N) is 2. The van der Waals surface area contributed by atoms with Gasteiger partial charge in [-0.2, -0.15) is 0 Å². The van der Waals surface area contributed by atoms with Crippen LogP contribution in [0.1, 0.15) is 24.8 Å². The first-order chi connectivity index (χ1) is 8.56. The normalized spacial score (nSPS) is 16.8. The third-order valence-corrected chi connectivity index (χ3v) is 3.56. The molecular weight excluding hydrogens is 228 g/mol. The largest absolute Gasteiger partial charge is 0.398 e. The van der Waals surface area contributed by atoms with Gasteiger partial charge >= 0.3 is 0 Å². The molecule has 1 aromatic heterocycles. The molecule has 5 nitrogen and oxygen atoms in total. The maximum atomic E-state index is 10.9. The monoisotopic (exact) mass is 248 g/mol. The molecule has 0 unspecified atom stereocenters. The molecule has 0 radical (unpaired) electrons. The molecule has 2 rings (SSSR count). The first kappa shape index (κ1) is 12.7. The van der Waals surface area contributed by atoms with Crippen LogP contribution in [0.4, 0.5) is 11.5 Å². The Morgan fingerprint density at radius 2 is 2.17 bits per heavy atom. The van der Waals surface area contributed by atoms with E-state index in [4.69, 9.17) is 11.5 Å². The van der Waals surface area contributed by atoms with Crippen molar-refractivity contribution in [1.29, 1.82) is 0 Å². The van der Waals surface area contributed by atoms with Crippen LogP contribution in [0, 0.1) is 12.8 Å². The lowest BCUT2D eigenvalue weighted by atomic mass is 9.93. The highest BCUT2D eigenvalue weighted by atomic mass is 16.1. The molecule has 98 valence electrons. The van der Waals surface area contributed by atoms with Crippen molar-refractivity contribution in [3.63, 3.8) is 0 Å². The Hall–Kier alpha value is -1.78. The minimum absolute atomic E-state index is 0.203. The fourth-order valence-electron chi connectivity index (χ4n) is 2.35. The molecule has 1 amide bonds. The van der Waals surface area contributed by atoms with E-state index >= 15 is 0 Å². The number of carbonyl (C=O) groups excluding carboxylic acids is 1. The van der Waals surface area contributed by atoms with Crippen molar-refractivity contribution in [1.82, 2.24) is 4.98 Å². The highest BCUT2D eigenvalue weighted by Gasteiger charge is 2.21. The molecule has 0 spiro atoms. The molecule has 0 saturated carbocycles. The lowest BCUT2D eigenvalue weighted by Gasteiger charge is -2.32. The molecule has 18 heavy (non-hydrogen) atoms. The zero-order valence-electron chi connectivity index (χ0n) is 10.7. The highest BCUT2D eigenvalue weighted by molar-refractivity contribution is 5.74. The number of aromatic nitrogens is 1. The Bertz CT molecular complexity index is 439. The molecule has 5 heteroatoms. The smallest absolute Gasteiger partial charge is 0.217 e. The summed E-state index contributed by atoms with van der Waals surface area (Å²) < 4.78 is 0. The SMILES string of the molecule is Cc1cnc(N2CCC(CC(N)=O)CC2)cc1N. The molecule has 4 N–H and O–H groups in total. The van der Waals surface area contributed by atoms with E-state index < -0.39 is 0 Å². The Balaban J connectivity index is 1.96. The van der Waals surface area contributed by atoms with Crippen molar-refractivity contribution >= 4 is 17.4 Å². The zero-order valence-corrected chi connectivity index (χ0v) is 10.7. The van der Waals surface area contributed by atoms with Gasteiger partial charge < -0.3 is 16.4 Å². The quantitative estimate of drug-likeness (QED) is 0.837. The number of rotatable bonds is 3. The van der Waals surface area contributed by atoms with Crippen molar-refractivity contribution in [2.75, 3.05) is 23.7 Å². The number of carbonyl (C=O) groups is 1. The van der Waals surface area contributed by atoms with E-state index in [2.05, 4.69) is 9.88 Å². The number of primary amides is 1. The van der Waals surface area contributed by atoms with Gasteiger partial charge in [0.1, 0.15) is 5.82 Å². The summed E-state index contributed by atoms with van der Waals surface area (Å²) in [6.45, 7) is 3.77. The van der Waals surface area contributed by atoms with E-state index in [9.17, 15) is 4.79 Å². The average Bonchev–Trinajstić information content (AvgIpc) is 2.33. The lowest BCUT2D eigenvalue weighted by Crippen LogP contribution is -2.35. The van der Waals surface area contributed by atoms with Crippen LogP contribution < -0.4 is 16.4 Å². The van der Waals surface area contributed by atoms with Gasteiger partial charge in [-0.15, -0.1) is 0 Å². The van der Waals surface area contributed by atoms with E-state index in [0.29, 0.717) is 12.3 Å². The number of nitrogen functional groups attached to an aromatic ring is 1. The Kier molecular flexibility index (Phi) is 3.69. The number of pyridine rings is 1. The number of amides is 1. The summed E-state index contributed by atoms with van der Waals surface area (Å²) >= 11 is 0. The van der Waals surface area contributed by atoms with Gasteiger partial charge in [-0.25, -0.2) is 4.98 Å². The van der Waals surface area contributed by atoms with E-state index in [1.807, 2.05) is 13.0 Å². The minimum Gasteiger partial charge on any atom is -0.398 e. The van der Waals surface area contributed by atoms with E-state index in [-0.39, 0.29) is 5.91 Å². The van der Waals surface area contributed by atoms with Crippen LogP contribution in [0.25, 0.3) is 0 Å². The van der Waals surface area contributed by atoms with Crippen LogP contribution in [0.5, 0.6) is 0 Å². The number of hydrogen-bond acceptors (Lipinski definition) is 4. The summed E-state index contributed by atoms with van der Waals surface area (Å²) in [6, 6.07) is 1.92. The molecule has 1 aliphatic rings. The lowest BCUT2D eigenvalue weighted by molar-refractivity contribution is -0.119. The molecule has 0 aliphatic carbocycles. The molecule has 1 fully saturated rings. The second-order valence-electron chi connectivity index (χ2n) is 5.00. The Morgan fingerprint density at radius 3 is 2.72 bits per heavy atom. The first-order valence-electron chi connectivity index (χ1n) is 6.31. The highest BCUT2D eigenvalue weighted by Crippen LogP contribution is 2.25. The van der Waals surface area contributed by atoms with Crippen LogP contribution in [-0.2, 0) is 4.79 Å². The molecule has 0 bridgehead atoms. The number of hydrogen-bond donors (Lipinski definition) is 2. The summed E-state index contributed by atoms with van der Waals surface area (Å²) in [5.74, 6) is 1.14. The molecule has 1 aliphatic heterocycles. The molecule has 0 aromatic carbocycles. The third kappa shape index (κ3) is 2.91. The van der Waals surface area contributed by atoms with Gasteiger partial charge in [0.2, 0.25) is 5.91 Å². The standard InChI is InChI=1S/C13H20N4O/c1-9-8-16-13(7-11(9)14)17-4-2-10(3-5-17)6-12(15)18/h7-8,10H,2-6H2,1H3,(H2,14,16)(H2,15,18).